The largest absolute Gasteiger partial charge is 0.377 e. The molecule has 1 aliphatic rings. The summed E-state index contributed by atoms with van der Waals surface area (Å²) in [5, 5.41) is 3.66. The summed E-state index contributed by atoms with van der Waals surface area (Å²) >= 11 is 1.60. The Morgan fingerprint density at radius 3 is 2.89 bits per heavy atom. The van der Waals surface area contributed by atoms with Crippen LogP contribution in [0.5, 0.6) is 0 Å². The maximum atomic E-state index is 14.1. The molecule has 0 aliphatic carbocycles. The van der Waals surface area contributed by atoms with E-state index in [-0.39, 0.29) is 18.0 Å². The second-order valence-corrected chi connectivity index (χ2v) is 6.27. The summed E-state index contributed by atoms with van der Waals surface area (Å²) < 4.78 is 19.7. The van der Waals surface area contributed by atoms with E-state index in [0.717, 1.165) is 30.0 Å². The highest BCUT2D eigenvalue weighted by atomic mass is 32.2. The van der Waals surface area contributed by atoms with Crippen molar-refractivity contribution in [3.05, 3.63) is 29.6 Å². The molecule has 1 heterocycles. The van der Waals surface area contributed by atoms with Crippen molar-refractivity contribution in [1.29, 1.82) is 0 Å². The summed E-state index contributed by atoms with van der Waals surface area (Å²) in [6, 6.07) is 5.75. The normalized spacial score (nSPS) is 24.6. The van der Waals surface area contributed by atoms with Gasteiger partial charge in [-0.1, -0.05) is 13.0 Å². The maximum Gasteiger partial charge on any atom is 0.137 e. The van der Waals surface area contributed by atoms with Crippen LogP contribution in [-0.2, 0) is 4.74 Å². The molecule has 1 aromatic rings. The molecule has 0 aromatic heterocycles. The van der Waals surface area contributed by atoms with Gasteiger partial charge in [0.25, 0.3) is 0 Å². The van der Waals surface area contributed by atoms with Gasteiger partial charge in [0.2, 0.25) is 0 Å². The molecule has 106 valence electrons. The number of thioether (sulfide) groups is 1. The van der Waals surface area contributed by atoms with Gasteiger partial charge in [0, 0.05) is 22.8 Å². The van der Waals surface area contributed by atoms with Gasteiger partial charge in [0.15, 0.2) is 0 Å². The Labute approximate surface area is 119 Å². The van der Waals surface area contributed by atoms with Gasteiger partial charge in [-0.25, -0.2) is 4.39 Å². The van der Waals surface area contributed by atoms with Crippen LogP contribution in [0.15, 0.2) is 23.1 Å². The van der Waals surface area contributed by atoms with Gasteiger partial charge in [-0.3, -0.25) is 0 Å². The van der Waals surface area contributed by atoms with Crippen LogP contribution in [0.2, 0.25) is 0 Å². The number of ether oxygens (including phenoxy) is 1. The minimum atomic E-state index is -0.119. The average molecular weight is 283 g/mol. The SMILES string of the molecule is CCNC(C)c1ccc(SC2CCOC2C)c(F)c1. The third-order valence-electron chi connectivity index (χ3n) is 3.55. The minimum absolute atomic E-state index is 0.119. The summed E-state index contributed by atoms with van der Waals surface area (Å²) in [4.78, 5) is 0.731. The van der Waals surface area contributed by atoms with Crippen LogP contribution in [0, 0.1) is 5.82 Å². The van der Waals surface area contributed by atoms with Crippen molar-refractivity contribution < 1.29 is 9.13 Å². The van der Waals surface area contributed by atoms with Crippen LogP contribution in [0.25, 0.3) is 0 Å². The summed E-state index contributed by atoms with van der Waals surface area (Å²) in [7, 11) is 0. The van der Waals surface area contributed by atoms with E-state index in [9.17, 15) is 4.39 Å². The lowest BCUT2D eigenvalue weighted by atomic mass is 10.1. The van der Waals surface area contributed by atoms with Gasteiger partial charge in [-0.15, -0.1) is 11.8 Å². The van der Waals surface area contributed by atoms with E-state index >= 15 is 0 Å². The lowest BCUT2D eigenvalue weighted by Gasteiger charge is -2.16. The molecule has 2 nitrogen and oxygen atoms in total. The number of rotatable bonds is 5. The van der Waals surface area contributed by atoms with Gasteiger partial charge in [0.05, 0.1) is 6.10 Å². The minimum Gasteiger partial charge on any atom is -0.377 e. The summed E-state index contributed by atoms with van der Waals surface area (Å²) in [5.41, 5.74) is 0.999. The number of nitrogens with one attached hydrogen (secondary N) is 1. The first-order valence-electron chi connectivity index (χ1n) is 6.93. The van der Waals surface area contributed by atoms with Crippen molar-refractivity contribution in [2.24, 2.45) is 0 Å². The third-order valence-corrected chi connectivity index (χ3v) is 5.06. The molecule has 1 fully saturated rings. The molecule has 0 radical (unpaired) electrons. The molecule has 1 aromatic carbocycles. The van der Waals surface area contributed by atoms with Crippen LogP contribution >= 0.6 is 11.8 Å². The summed E-state index contributed by atoms with van der Waals surface area (Å²) in [6.07, 6.45) is 1.21. The lowest BCUT2D eigenvalue weighted by molar-refractivity contribution is 0.127. The predicted octanol–water partition coefficient (Wildman–Crippen LogP) is 3.77. The first kappa shape index (κ1) is 14.8. The Balaban J connectivity index is 2.06. The Morgan fingerprint density at radius 2 is 2.32 bits per heavy atom. The standard InChI is InChI=1S/C15H22FNOS/c1-4-17-10(2)12-5-6-15(13(16)9-12)19-14-7-8-18-11(14)3/h5-6,9-11,14,17H,4,7-8H2,1-3H3. The summed E-state index contributed by atoms with van der Waals surface area (Å²) in [6.45, 7) is 7.84. The van der Waals surface area contributed by atoms with E-state index < -0.39 is 0 Å². The van der Waals surface area contributed by atoms with Crippen LogP contribution in [-0.4, -0.2) is 24.5 Å². The van der Waals surface area contributed by atoms with Crippen LogP contribution in [0.4, 0.5) is 4.39 Å². The lowest BCUT2D eigenvalue weighted by Crippen LogP contribution is -2.18. The quantitative estimate of drug-likeness (QED) is 0.889. The molecule has 0 bridgehead atoms. The molecular formula is C15H22FNOS. The number of hydrogen-bond acceptors (Lipinski definition) is 3. The van der Waals surface area contributed by atoms with E-state index in [2.05, 4.69) is 26.1 Å². The predicted molar refractivity (Wildman–Crippen MR) is 78.2 cm³/mol. The molecule has 1 aliphatic heterocycles. The number of hydrogen-bond donors (Lipinski definition) is 1. The summed E-state index contributed by atoms with van der Waals surface area (Å²) in [5.74, 6) is -0.119. The van der Waals surface area contributed by atoms with Gasteiger partial charge < -0.3 is 10.1 Å². The topological polar surface area (TPSA) is 21.3 Å². The zero-order chi connectivity index (χ0) is 13.8. The fourth-order valence-corrected chi connectivity index (χ4v) is 3.46. The van der Waals surface area contributed by atoms with Gasteiger partial charge >= 0.3 is 0 Å². The average Bonchev–Trinajstić information content (AvgIpc) is 2.78. The molecule has 0 spiro atoms. The molecule has 3 atom stereocenters. The zero-order valence-electron chi connectivity index (χ0n) is 11.8. The Morgan fingerprint density at radius 1 is 1.53 bits per heavy atom. The number of benzene rings is 1. The van der Waals surface area contributed by atoms with E-state index in [1.165, 1.54) is 0 Å². The first-order chi connectivity index (χ1) is 9.11. The molecule has 2 rings (SSSR count). The molecule has 0 saturated carbocycles. The molecule has 19 heavy (non-hydrogen) atoms. The van der Waals surface area contributed by atoms with Crippen LogP contribution in [0.1, 0.15) is 38.8 Å². The highest BCUT2D eigenvalue weighted by molar-refractivity contribution is 8.00. The van der Waals surface area contributed by atoms with Gasteiger partial charge in [-0.2, -0.15) is 0 Å². The third kappa shape index (κ3) is 3.71. The zero-order valence-corrected chi connectivity index (χ0v) is 12.6. The Hall–Kier alpha value is -0.580. The highest BCUT2D eigenvalue weighted by Crippen LogP contribution is 2.34. The Kier molecular flexibility index (Phi) is 5.25. The van der Waals surface area contributed by atoms with E-state index in [0.29, 0.717) is 5.25 Å². The second kappa shape index (κ2) is 6.73. The maximum absolute atomic E-state index is 14.1. The van der Waals surface area contributed by atoms with Crippen LogP contribution in [0.3, 0.4) is 0 Å². The van der Waals surface area contributed by atoms with E-state index in [1.54, 1.807) is 17.8 Å². The molecule has 1 N–H and O–H groups in total. The molecular weight excluding hydrogens is 261 g/mol. The van der Waals surface area contributed by atoms with Gasteiger partial charge in [0.1, 0.15) is 5.82 Å². The van der Waals surface area contributed by atoms with Crippen molar-refractivity contribution in [3.8, 4) is 0 Å². The van der Waals surface area contributed by atoms with Crippen molar-refractivity contribution >= 4 is 11.8 Å². The molecule has 0 amide bonds. The van der Waals surface area contributed by atoms with E-state index in [4.69, 9.17) is 4.74 Å². The van der Waals surface area contributed by atoms with Crippen molar-refractivity contribution in [2.75, 3.05) is 13.2 Å². The smallest absolute Gasteiger partial charge is 0.137 e. The second-order valence-electron chi connectivity index (χ2n) is 4.99. The van der Waals surface area contributed by atoms with E-state index in [1.807, 2.05) is 12.1 Å². The fraction of sp³-hybridized carbons (Fsp3) is 0.600. The van der Waals surface area contributed by atoms with Crippen molar-refractivity contribution in [3.63, 3.8) is 0 Å². The highest BCUT2D eigenvalue weighted by Gasteiger charge is 2.26. The van der Waals surface area contributed by atoms with Crippen molar-refractivity contribution in [2.45, 2.75) is 49.5 Å². The molecule has 3 unspecified atom stereocenters. The fourth-order valence-electron chi connectivity index (χ4n) is 2.34. The first-order valence-corrected chi connectivity index (χ1v) is 7.81. The number of halogens is 1. The van der Waals surface area contributed by atoms with Crippen molar-refractivity contribution in [1.82, 2.24) is 5.32 Å². The molecule has 1 saturated heterocycles. The molecule has 4 heteroatoms. The monoisotopic (exact) mass is 283 g/mol. The Bertz CT molecular complexity index is 427. The van der Waals surface area contributed by atoms with Crippen LogP contribution < -0.4 is 5.32 Å². The van der Waals surface area contributed by atoms with Gasteiger partial charge in [-0.05, 0) is 44.5 Å².